The van der Waals surface area contributed by atoms with Gasteiger partial charge in [0.05, 0.1) is 6.10 Å². The summed E-state index contributed by atoms with van der Waals surface area (Å²) in [6, 6.07) is 4.17. The third kappa shape index (κ3) is 4.93. The number of hydrogen-bond acceptors (Lipinski definition) is 3. The number of ether oxygens (including phenoxy) is 1. The molecule has 0 spiro atoms. The van der Waals surface area contributed by atoms with Crippen LogP contribution in [0.2, 0.25) is 0 Å². The maximum atomic E-state index is 12.1. The zero-order valence-electron chi connectivity index (χ0n) is 10.00. The van der Waals surface area contributed by atoms with Crippen molar-refractivity contribution in [3.8, 4) is 5.75 Å². The Bertz CT molecular complexity index is 393. The molecular formula is C12H16F3NO2. The van der Waals surface area contributed by atoms with E-state index >= 15 is 0 Å². The van der Waals surface area contributed by atoms with Crippen molar-refractivity contribution in [3.05, 3.63) is 29.3 Å². The Balaban J connectivity index is 2.75. The summed E-state index contributed by atoms with van der Waals surface area (Å²) in [7, 11) is 0. The molecule has 0 bridgehead atoms. The highest BCUT2D eigenvalue weighted by molar-refractivity contribution is 5.35. The molecule has 0 amide bonds. The van der Waals surface area contributed by atoms with Gasteiger partial charge in [0.25, 0.3) is 0 Å². The molecule has 102 valence electrons. The van der Waals surface area contributed by atoms with Gasteiger partial charge in [-0.3, -0.25) is 0 Å². The van der Waals surface area contributed by atoms with Gasteiger partial charge in [-0.1, -0.05) is 6.07 Å². The molecule has 0 aliphatic rings. The topological polar surface area (TPSA) is 55.5 Å². The van der Waals surface area contributed by atoms with E-state index < -0.39 is 12.5 Å². The van der Waals surface area contributed by atoms with Gasteiger partial charge in [0.2, 0.25) is 0 Å². The fraction of sp³-hybridized carbons (Fsp3) is 0.500. The Hall–Kier alpha value is -1.27. The zero-order valence-corrected chi connectivity index (χ0v) is 10.00. The van der Waals surface area contributed by atoms with Crippen molar-refractivity contribution in [2.75, 3.05) is 6.54 Å². The summed E-state index contributed by atoms with van der Waals surface area (Å²) in [5.74, 6) is -0.245. The molecule has 18 heavy (non-hydrogen) atoms. The van der Waals surface area contributed by atoms with Crippen LogP contribution in [0.1, 0.15) is 17.5 Å². The van der Waals surface area contributed by atoms with E-state index in [0.717, 1.165) is 5.56 Å². The Morgan fingerprint density at radius 3 is 2.61 bits per heavy atom. The smallest absolute Gasteiger partial charge is 0.406 e. The van der Waals surface area contributed by atoms with E-state index in [1.54, 1.807) is 13.0 Å². The summed E-state index contributed by atoms with van der Waals surface area (Å²) in [6.07, 6.45) is -4.47. The standard InChI is InChI=1S/C12H16F3NO2/c1-8-2-5-11(18-12(13,14)15)6-9(8)3-4-10(17)7-16/h2,5-6,10,17H,3-4,7,16H2,1H3. The lowest BCUT2D eigenvalue weighted by Crippen LogP contribution is -2.20. The Morgan fingerprint density at radius 1 is 1.39 bits per heavy atom. The zero-order chi connectivity index (χ0) is 13.8. The molecule has 0 radical (unpaired) electrons. The predicted octanol–water partition coefficient (Wildman–Crippen LogP) is 2.15. The van der Waals surface area contributed by atoms with Gasteiger partial charge >= 0.3 is 6.36 Å². The third-order valence-corrected chi connectivity index (χ3v) is 2.57. The highest BCUT2D eigenvalue weighted by Crippen LogP contribution is 2.25. The second-order valence-corrected chi connectivity index (χ2v) is 4.06. The van der Waals surface area contributed by atoms with E-state index in [4.69, 9.17) is 5.73 Å². The van der Waals surface area contributed by atoms with Gasteiger partial charge in [0, 0.05) is 6.54 Å². The van der Waals surface area contributed by atoms with Crippen molar-refractivity contribution in [2.24, 2.45) is 5.73 Å². The highest BCUT2D eigenvalue weighted by atomic mass is 19.4. The number of rotatable bonds is 5. The van der Waals surface area contributed by atoms with E-state index in [1.807, 2.05) is 0 Å². The lowest BCUT2D eigenvalue weighted by atomic mass is 10.0. The minimum atomic E-state index is -4.69. The maximum absolute atomic E-state index is 12.1. The van der Waals surface area contributed by atoms with Crippen molar-refractivity contribution in [1.82, 2.24) is 0 Å². The maximum Gasteiger partial charge on any atom is 0.573 e. The first-order valence-corrected chi connectivity index (χ1v) is 5.55. The van der Waals surface area contributed by atoms with Crippen LogP contribution in [0.15, 0.2) is 18.2 Å². The van der Waals surface area contributed by atoms with E-state index in [9.17, 15) is 18.3 Å². The first kappa shape index (κ1) is 14.8. The van der Waals surface area contributed by atoms with Gasteiger partial charge in [-0.2, -0.15) is 0 Å². The Morgan fingerprint density at radius 2 is 2.06 bits per heavy atom. The molecule has 6 heteroatoms. The van der Waals surface area contributed by atoms with Gasteiger partial charge in [-0.05, 0) is 43.0 Å². The van der Waals surface area contributed by atoms with E-state index in [2.05, 4.69) is 4.74 Å². The lowest BCUT2D eigenvalue weighted by Gasteiger charge is -2.13. The van der Waals surface area contributed by atoms with Crippen LogP contribution in [0.25, 0.3) is 0 Å². The Labute approximate surface area is 103 Å². The summed E-state index contributed by atoms with van der Waals surface area (Å²) in [5, 5.41) is 9.33. The second-order valence-electron chi connectivity index (χ2n) is 4.06. The molecule has 1 aromatic rings. The van der Waals surface area contributed by atoms with Crippen LogP contribution in [0.3, 0.4) is 0 Å². The fourth-order valence-corrected chi connectivity index (χ4v) is 1.55. The Kier molecular flexibility index (Phi) is 4.98. The summed E-state index contributed by atoms with van der Waals surface area (Å²) < 4.78 is 40.0. The minimum Gasteiger partial charge on any atom is -0.406 e. The summed E-state index contributed by atoms with van der Waals surface area (Å²) in [5.41, 5.74) is 6.83. The van der Waals surface area contributed by atoms with Gasteiger partial charge in [-0.15, -0.1) is 13.2 Å². The van der Waals surface area contributed by atoms with Crippen molar-refractivity contribution < 1.29 is 23.0 Å². The molecule has 0 saturated heterocycles. The molecule has 0 aromatic heterocycles. The number of nitrogens with two attached hydrogens (primary N) is 1. The van der Waals surface area contributed by atoms with Crippen LogP contribution in [-0.2, 0) is 6.42 Å². The normalized spacial score (nSPS) is 13.4. The number of alkyl halides is 3. The van der Waals surface area contributed by atoms with Gasteiger partial charge in [0.15, 0.2) is 0 Å². The monoisotopic (exact) mass is 263 g/mol. The highest BCUT2D eigenvalue weighted by Gasteiger charge is 2.31. The number of aliphatic hydroxyl groups excluding tert-OH is 1. The molecule has 1 rings (SSSR count). The summed E-state index contributed by atoms with van der Waals surface area (Å²) in [4.78, 5) is 0. The van der Waals surface area contributed by atoms with Crippen LogP contribution in [-0.4, -0.2) is 24.1 Å². The third-order valence-electron chi connectivity index (χ3n) is 2.57. The average Bonchev–Trinajstić information content (AvgIpc) is 2.27. The van der Waals surface area contributed by atoms with Crippen molar-refractivity contribution in [2.45, 2.75) is 32.2 Å². The van der Waals surface area contributed by atoms with E-state index in [1.165, 1.54) is 12.1 Å². The van der Waals surface area contributed by atoms with Crippen LogP contribution in [0, 0.1) is 6.92 Å². The molecule has 1 unspecified atom stereocenters. The van der Waals surface area contributed by atoms with Gasteiger partial charge < -0.3 is 15.6 Å². The van der Waals surface area contributed by atoms with Crippen LogP contribution in [0.5, 0.6) is 5.75 Å². The molecule has 0 fully saturated rings. The molecule has 3 nitrogen and oxygen atoms in total. The lowest BCUT2D eigenvalue weighted by molar-refractivity contribution is -0.274. The first-order valence-electron chi connectivity index (χ1n) is 5.55. The number of halogens is 3. The molecule has 3 N–H and O–H groups in total. The van der Waals surface area contributed by atoms with E-state index in [0.29, 0.717) is 18.4 Å². The van der Waals surface area contributed by atoms with Crippen molar-refractivity contribution in [1.29, 1.82) is 0 Å². The van der Waals surface area contributed by atoms with Crippen molar-refractivity contribution >= 4 is 0 Å². The second kappa shape index (κ2) is 6.06. The van der Waals surface area contributed by atoms with Crippen molar-refractivity contribution in [3.63, 3.8) is 0 Å². The minimum absolute atomic E-state index is 0.137. The SMILES string of the molecule is Cc1ccc(OC(F)(F)F)cc1CCC(O)CN. The van der Waals surface area contributed by atoms with Gasteiger partial charge in [-0.25, -0.2) is 0 Å². The fourth-order valence-electron chi connectivity index (χ4n) is 1.55. The number of hydrogen-bond donors (Lipinski definition) is 2. The molecule has 0 saturated carbocycles. The average molecular weight is 263 g/mol. The molecule has 0 aliphatic carbocycles. The molecular weight excluding hydrogens is 247 g/mol. The molecule has 1 atom stereocenters. The number of benzene rings is 1. The molecule has 1 aromatic carbocycles. The molecule has 0 heterocycles. The summed E-state index contributed by atoms with van der Waals surface area (Å²) in [6.45, 7) is 1.93. The van der Waals surface area contributed by atoms with Crippen LogP contribution in [0.4, 0.5) is 13.2 Å². The van der Waals surface area contributed by atoms with E-state index in [-0.39, 0.29) is 12.3 Å². The molecule has 0 aliphatic heterocycles. The van der Waals surface area contributed by atoms with Gasteiger partial charge in [0.1, 0.15) is 5.75 Å². The van der Waals surface area contributed by atoms with Crippen LogP contribution >= 0.6 is 0 Å². The predicted molar refractivity (Wildman–Crippen MR) is 61.2 cm³/mol. The quantitative estimate of drug-likeness (QED) is 0.855. The largest absolute Gasteiger partial charge is 0.573 e. The first-order chi connectivity index (χ1) is 8.31. The number of aliphatic hydroxyl groups is 1. The van der Waals surface area contributed by atoms with Crippen LogP contribution < -0.4 is 10.5 Å². The summed E-state index contributed by atoms with van der Waals surface area (Å²) >= 11 is 0. The number of aryl methyl sites for hydroxylation is 2.